The van der Waals surface area contributed by atoms with Gasteiger partial charge in [-0.3, -0.25) is 4.79 Å². The number of anilines is 1. The van der Waals surface area contributed by atoms with E-state index in [4.69, 9.17) is 25.8 Å². The number of carbonyl (C=O) groups is 2. The highest BCUT2D eigenvalue weighted by molar-refractivity contribution is 7.12. The minimum atomic E-state index is -0.635. The Morgan fingerprint density at radius 1 is 1.15 bits per heavy atom. The van der Waals surface area contributed by atoms with Crippen LogP contribution in [0.1, 0.15) is 22.2 Å². The Hall–Kier alpha value is -3.80. The molecule has 0 bridgehead atoms. The van der Waals surface area contributed by atoms with Gasteiger partial charge in [-0.15, -0.1) is 11.3 Å². The first-order valence-electron chi connectivity index (χ1n) is 9.74. The zero-order chi connectivity index (χ0) is 23.8. The quantitative estimate of drug-likeness (QED) is 0.195. The van der Waals surface area contributed by atoms with Crippen molar-refractivity contribution in [2.24, 2.45) is 0 Å². The maximum absolute atomic E-state index is 12.7. The molecule has 0 unspecified atom stereocenters. The number of carbonyl (C=O) groups excluding carboxylic acids is 2. The van der Waals surface area contributed by atoms with E-state index in [0.717, 1.165) is 0 Å². The first kappa shape index (κ1) is 23.9. The number of methoxy groups -OCH3 is 1. The third-order valence-corrected chi connectivity index (χ3v) is 5.36. The average molecular weight is 483 g/mol. The summed E-state index contributed by atoms with van der Waals surface area (Å²) in [6.45, 7) is 2.12. The number of halogens is 1. The summed E-state index contributed by atoms with van der Waals surface area (Å²) < 4.78 is 16.3. The van der Waals surface area contributed by atoms with Gasteiger partial charge in [0.15, 0.2) is 11.5 Å². The van der Waals surface area contributed by atoms with Crippen molar-refractivity contribution in [1.29, 1.82) is 5.26 Å². The number of ether oxygens (including phenoxy) is 3. The second-order valence-electron chi connectivity index (χ2n) is 6.47. The van der Waals surface area contributed by atoms with Crippen LogP contribution in [0, 0.1) is 11.3 Å². The molecule has 2 aromatic carbocycles. The summed E-state index contributed by atoms with van der Waals surface area (Å²) in [7, 11) is 1.46. The highest BCUT2D eigenvalue weighted by atomic mass is 35.5. The van der Waals surface area contributed by atoms with E-state index >= 15 is 0 Å². The van der Waals surface area contributed by atoms with Crippen molar-refractivity contribution in [3.05, 3.63) is 74.9 Å². The summed E-state index contributed by atoms with van der Waals surface area (Å²) in [5, 5.41) is 14.3. The lowest BCUT2D eigenvalue weighted by atomic mass is 10.1. The van der Waals surface area contributed by atoms with E-state index in [9.17, 15) is 14.9 Å². The minimum Gasteiger partial charge on any atom is -0.495 e. The van der Waals surface area contributed by atoms with E-state index in [2.05, 4.69) is 5.32 Å². The van der Waals surface area contributed by atoms with Crippen LogP contribution in [-0.4, -0.2) is 25.6 Å². The molecular formula is C24H19ClN2O5S. The smallest absolute Gasteiger partial charge is 0.353 e. The summed E-state index contributed by atoms with van der Waals surface area (Å²) >= 11 is 7.26. The number of hydrogen-bond donors (Lipinski definition) is 1. The number of nitrogens with zero attached hydrogens (tertiary/aromatic N) is 1. The molecule has 33 heavy (non-hydrogen) atoms. The molecule has 0 atom stereocenters. The molecule has 0 fully saturated rings. The van der Waals surface area contributed by atoms with Crippen LogP contribution in [0.3, 0.4) is 0 Å². The number of thiophene rings is 1. The maximum atomic E-state index is 12.7. The number of rotatable bonds is 8. The predicted octanol–water partition coefficient (Wildman–Crippen LogP) is 5.57. The zero-order valence-electron chi connectivity index (χ0n) is 17.8. The van der Waals surface area contributed by atoms with Gasteiger partial charge in [-0.2, -0.15) is 5.26 Å². The molecule has 0 saturated heterocycles. The van der Waals surface area contributed by atoms with Crippen molar-refractivity contribution >= 4 is 46.6 Å². The van der Waals surface area contributed by atoms with Gasteiger partial charge in [-0.1, -0.05) is 23.7 Å². The molecule has 3 rings (SSSR count). The zero-order valence-corrected chi connectivity index (χ0v) is 19.3. The molecule has 1 N–H and O–H groups in total. The van der Waals surface area contributed by atoms with Crippen molar-refractivity contribution in [2.45, 2.75) is 6.92 Å². The lowest BCUT2D eigenvalue weighted by Gasteiger charge is -2.12. The fourth-order valence-corrected chi connectivity index (χ4v) is 3.57. The van der Waals surface area contributed by atoms with Crippen LogP contribution >= 0.6 is 22.9 Å². The molecule has 0 aliphatic heterocycles. The minimum absolute atomic E-state index is 0.150. The van der Waals surface area contributed by atoms with Crippen molar-refractivity contribution < 1.29 is 23.8 Å². The van der Waals surface area contributed by atoms with Crippen LogP contribution in [0.25, 0.3) is 6.08 Å². The van der Waals surface area contributed by atoms with Gasteiger partial charge in [0.05, 0.1) is 19.4 Å². The van der Waals surface area contributed by atoms with Gasteiger partial charge < -0.3 is 19.5 Å². The molecule has 1 aromatic heterocycles. The highest BCUT2D eigenvalue weighted by Crippen LogP contribution is 2.31. The Kier molecular flexibility index (Phi) is 8.08. The molecule has 1 amide bonds. The third kappa shape index (κ3) is 6.13. The summed E-state index contributed by atoms with van der Waals surface area (Å²) in [6, 6.07) is 14.8. The number of nitriles is 1. The Bertz CT molecular complexity index is 1230. The fourth-order valence-electron chi connectivity index (χ4n) is 2.79. The first-order chi connectivity index (χ1) is 15.9. The fraction of sp³-hybridized carbons (Fsp3) is 0.125. The Morgan fingerprint density at radius 2 is 1.94 bits per heavy atom. The van der Waals surface area contributed by atoms with Crippen molar-refractivity contribution in [1.82, 2.24) is 0 Å². The molecule has 168 valence electrons. The standard InChI is InChI=1S/C24H19ClN2O5S/c1-3-31-21-12-15(6-8-20(21)32-24(29)22-5-4-10-33-22)11-16(14-26)23(28)27-18-13-17(25)7-9-19(18)30-2/h4-13H,3H2,1-2H3,(H,27,28)/b16-11+. The number of amides is 1. The lowest BCUT2D eigenvalue weighted by molar-refractivity contribution is -0.112. The second kappa shape index (κ2) is 11.2. The van der Waals surface area contributed by atoms with Gasteiger partial charge in [0, 0.05) is 5.02 Å². The molecule has 0 saturated carbocycles. The van der Waals surface area contributed by atoms with E-state index < -0.39 is 11.9 Å². The first-order valence-corrected chi connectivity index (χ1v) is 11.0. The highest BCUT2D eigenvalue weighted by Gasteiger charge is 2.16. The molecule has 1 heterocycles. The lowest BCUT2D eigenvalue weighted by Crippen LogP contribution is -2.14. The third-order valence-electron chi connectivity index (χ3n) is 4.28. The molecule has 7 nitrogen and oxygen atoms in total. The number of nitrogens with one attached hydrogen (secondary N) is 1. The Balaban J connectivity index is 1.85. The molecular weight excluding hydrogens is 464 g/mol. The summed E-state index contributed by atoms with van der Waals surface area (Å²) in [4.78, 5) is 25.4. The molecule has 3 aromatic rings. The monoisotopic (exact) mass is 482 g/mol. The van der Waals surface area contributed by atoms with Crippen LogP contribution < -0.4 is 19.5 Å². The number of esters is 1. The number of hydrogen-bond acceptors (Lipinski definition) is 7. The van der Waals surface area contributed by atoms with Crippen LogP contribution in [0.2, 0.25) is 5.02 Å². The Morgan fingerprint density at radius 3 is 2.61 bits per heavy atom. The van der Waals surface area contributed by atoms with Gasteiger partial charge in [0.25, 0.3) is 5.91 Å². The van der Waals surface area contributed by atoms with Crippen LogP contribution in [0.15, 0.2) is 59.5 Å². The summed E-state index contributed by atoms with van der Waals surface area (Å²) in [6.07, 6.45) is 1.40. The SMILES string of the molecule is CCOc1cc(/C=C(\C#N)C(=O)Nc2cc(Cl)ccc2OC)ccc1OC(=O)c1cccs1. The van der Waals surface area contributed by atoms with Crippen LogP contribution in [0.4, 0.5) is 5.69 Å². The van der Waals surface area contributed by atoms with E-state index in [1.807, 2.05) is 6.07 Å². The normalized spacial score (nSPS) is 10.8. The summed E-state index contributed by atoms with van der Waals surface area (Å²) in [5.41, 5.74) is 0.698. The molecule has 0 aliphatic rings. The van der Waals surface area contributed by atoms with Crippen LogP contribution in [0.5, 0.6) is 17.2 Å². The largest absolute Gasteiger partial charge is 0.495 e. The van der Waals surface area contributed by atoms with Gasteiger partial charge >= 0.3 is 5.97 Å². The second-order valence-corrected chi connectivity index (χ2v) is 7.86. The number of benzene rings is 2. The topological polar surface area (TPSA) is 97.7 Å². The molecule has 0 aliphatic carbocycles. The predicted molar refractivity (Wildman–Crippen MR) is 127 cm³/mol. The van der Waals surface area contributed by atoms with Gasteiger partial charge in [-0.05, 0) is 60.3 Å². The van der Waals surface area contributed by atoms with Gasteiger partial charge in [0.2, 0.25) is 0 Å². The van der Waals surface area contributed by atoms with Gasteiger partial charge in [-0.25, -0.2) is 4.79 Å². The Labute approximate surface area is 199 Å². The van der Waals surface area contributed by atoms with E-state index in [1.54, 1.807) is 54.8 Å². The molecule has 0 radical (unpaired) electrons. The average Bonchev–Trinajstić information content (AvgIpc) is 3.34. The molecule has 9 heteroatoms. The van der Waals surface area contributed by atoms with E-state index in [1.165, 1.54) is 30.6 Å². The van der Waals surface area contributed by atoms with Crippen molar-refractivity contribution in [3.8, 4) is 23.3 Å². The van der Waals surface area contributed by atoms with Crippen molar-refractivity contribution in [2.75, 3.05) is 19.0 Å². The van der Waals surface area contributed by atoms with E-state index in [0.29, 0.717) is 39.3 Å². The summed E-state index contributed by atoms with van der Waals surface area (Å²) in [5.74, 6) is -0.184. The van der Waals surface area contributed by atoms with Crippen molar-refractivity contribution in [3.63, 3.8) is 0 Å². The van der Waals surface area contributed by atoms with Crippen LogP contribution in [-0.2, 0) is 4.79 Å². The maximum Gasteiger partial charge on any atom is 0.353 e. The van der Waals surface area contributed by atoms with E-state index in [-0.39, 0.29) is 11.3 Å². The molecule has 0 spiro atoms. The van der Waals surface area contributed by atoms with Gasteiger partial charge in [0.1, 0.15) is 22.3 Å².